The molecule has 0 atom stereocenters. The van der Waals surface area contributed by atoms with Crippen LogP contribution in [0.4, 0.5) is 17.1 Å². The first-order valence-electron chi connectivity index (χ1n) is 22.2. The molecule has 12 aromatic rings. The lowest BCUT2D eigenvalue weighted by Crippen LogP contribution is -2.14. The zero-order valence-electron chi connectivity index (χ0n) is 35.6. The highest BCUT2D eigenvalue weighted by Gasteiger charge is 2.35. The van der Waals surface area contributed by atoms with Crippen LogP contribution in [0.1, 0.15) is 25.0 Å². The molecule has 2 aromatic heterocycles. The summed E-state index contributed by atoms with van der Waals surface area (Å²) in [6, 6.07) is 79.7. The highest BCUT2D eigenvalue weighted by Crippen LogP contribution is 2.50. The van der Waals surface area contributed by atoms with Crippen LogP contribution in [0.3, 0.4) is 0 Å². The van der Waals surface area contributed by atoms with Gasteiger partial charge in [0.2, 0.25) is 0 Å². The molecule has 0 bridgehead atoms. The number of nitrogens with zero attached hydrogens (tertiary/aromatic N) is 2. The monoisotopic (exact) mass is 818 g/mol. The van der Waals surface area contributed by atoms with Crippen LogP contribution in [0.5, 0.6) is 0 Å². The van der Waals surface area contributed by atoms with Crippen LogP contribution in [0, 0.1) is 0 Å². The van der Waals surface area contributed by atoms with E-state index in [9.17, 15) is 0 Å². The van der Waals surface area contributed by atoms with Gasteiger partial charge in [-0.25, -0.2) is 0 Å². The molecule has 0 saturated carbocycles. The molecule has 0 radical (unpaired) electrons. The van der Waals surface area contributed by atoms with Crippen LogP contribution in [0.2, 0.25) is 0 Å². The molecule has 0 fully saturated rings. The molecule has 13 rings (SSSR count). The molecule has 0 aliphatic heterocycles. The molecule has 0 saturated heterocycles. The Labute approximate surface area is 371 Å². The number of anilines is 3. The fraction of sp³-hybridized carbons (Fsp3) is 0.0492. The van der Waals surface area contributed by atoms with E-state index in [0.29, 0.717) is 0 Å². The fourth-order valence-electron chi connectivity index (χ4n) is 10.7. The van der Waals surface area contributed by atoms with Crippen molar-refractivity contribution in [3.8, 4) is 39.1 Å². The van der Waals surface area contributed by atoms with Gasteiger partial charge in [0.1, 0.15) is 11.2 Å². The Kier molecular flexibility index (Phi) is 7.95. The molecule has 3 heteroatoms. The summed E-state index contributed by atoms with van der Waals surface area (Å²) < 4.78 is 9.24. The minimum absolute atomic E-state index is 0.0907. The molecule has 0 unspecified atom stereocenters. The van der Waals surface area contributed by atoms with Crippen LogP contribution in [0.25, 0.3) is 93.6 Å². The van der Waals surface area contributed by atoms with Crippen LogP contribution >= 0.6 is 0 Å². The van der Waals surface area contributed by atoms with Crippen LogP contribution in [-0.2, 0) is 5.41 Å². The van der Waals surface area contributed by atoms with Crippen molar-refractivity contribution in [2.45, 2.75) is 19.3 Å². The normalized spacial score (nSPS) is 13.0. The van der Waals surface area contributed by atoms with Crippen molar-refractivity contribution in [3.05, 3.63) is 230 Å². The maximum atomic E-state index is 6.85. The first kappa shape index (κ1) is 36.5. The number of fused-ring (bicyclic) bond motifs is 10. The Balaban J connectivity index is 1.04. The van der Waals surface area contributed by atoms with Gasteiger partial charge in [0, 0.05) is 55.0 Å². The lowest BCUT2D eigenvalue weighted by Gasteiger charge is -2.28. The van der Waals surface area contributed by atoms with Crippen molar-refractivity contribution in [3.63, 3.8) is 0 Å². The number of hydrogen-bond acceptors (Lipinski definition) is 2. The van der Waals surface area contributed by atoms with Gasteiger partial charge in [0.15, 0.2) is 0 Å². The molecule has 302 valence electrons. The lowest BCUT2D eigenvalue weighted by molar-refractivity contribution is 0.660. The van der Waals surface area contributed by atoms with Crippen molar-refractivity contribution in [1.29, 1.82) is 0 Å². The average Bonchev–Trinajstić information content (AvgIpc) is 3.97. The number of furan rings is 1. The maximum absolute atomic E-state index is 6.85. The molecule has 2 heterocycles. The second kappa shape index (κ2) is 13.9. The van der Waals surface area contributed by atoms with Crippen molar-refractivity contribution in [2.24, 2.45) is 0 Å². The first-order valence-corrected chi connectivity index (χ1v) is 22.2. The molecule has 0 N–H and O–H groups in total. The van der Waals surface area contributed by atoms with Gasteiger partial charge in [-0.15, -0.1) is 0 Å². The van der Waals surface area contributed by atoms with Gasteiger partial charge < -0.3 is 13.9 Å². The first-order chi connectivity index (χ1) is 31.5. The second-order valence-corrected chi connectivity index (χ2v) is 17.7. The predicted molar refractivity (Wildman–Crippen MR) is 269 cm³/mol. The molecular weight excluding hydrogens is 777 g/mol. The van der Waals surface area contributed by atoms with Crippen molar-refractivity contribution >= 4 is 71.6 Å². The van der Waals surface area contributed by atoms with Crippen LogP contribution in [0.15, 0.2) is 223 Å². The summed E-state index contributed by atoms with van der Waals surface area (Å²) in [7, 11) is 0. The number of rotatable bonds is 6. The summed E-state index contributed by atoms with van der Waals surface area (Å²) in [5, 5.41) is 7.02. The van der Waals surface area contributed by atoms with Crippen LogP contribution < -0.4 is 4.90 Å². The maximum Gasteiger partial charge on any atom is 0.143 e. The number of benzene rings is 10. The molecule has 64 heavy (non-hydrogen) atoms. The Morgan fingerprint density at radius 1 is 0.406 bits per heavy atom. The summed E-state index contributed by atoms with van der Waals surface area (Å²) in [6.07, 6.45) is 0. The third kappa shape index (κ3) is 5.47. The van der Waals surface area contributed by atoms with Gasteiger partial charge in [0.05, 0.1) is 16.7 Å². The largest absolute Gasteiger partial charge is 0.455 e. The Hall–Kier alpha value is -8.14. The molecule has 0 spiro atoms. The van der Waals surface area contributed by atoms with E-state index in [4.69, 9.17) is 4.42 Å². The van der Waals surface area contributed by atoms with Gasteiger partial charge in [0.25, 0.3) is 0 Å². The summed E-state index contributed by atoms with van der Waals surface area (Å²) in [4.78, 5) is 2.44. The summed E-state index contributed by atoms with van der Waals surface area (Å²) >= 11 is 0. The van der Waals surface area contributed by atoms with Gasteiger partial charge in [-0.1, -0.05) is 166 Å². The van der Waals surface area contributed by atoms with E-state index >= 15 is 0 Å². The van der Waals surface area contributed by atoms with Gasteiger partial charge in [-0.3, -0.25) is 0 Å². The minimum atomic E-state index is -0.0907. The van der Waals surface area contributed by atoms with E-state index in [-0.39, 0.29) is 5.41 Å². The van der Waals surface area contributed by atoms with E-state index in [1.54, 1.807) is 0 Å². The smallest absolute Gasteiger partial charge is 0.143 e. The van der Waals surface area contributed by atoms with E-state index in [1.807, 2.05) is 0 Å². The van der Waals surface area contributed by atoms with E-state index in [2.05, 4.69) is 242 Å². The van der Waals surface area contributed by atoms with Crippen molar-refractivity contribution in [2.75, 3.05) is 4.90 Å². The van der Waals surface area contributed by atoms with Crippen molar-refractivity contribution in [1.82, 2.24) is 4.57 Å². The topological polar surface area (TPSA) is 21.3 Å². The predicted octanol–water partition coefficient (Wildman–Crippen LogP) is 16.9. The molecule has 1 aliphatic rings. The quantitative estimate of drug-likeness (QED) is 0.167. The summed E-state index contributed by atoms with van der Waals surface area (Å²) in [5.41, 5.74) is 18.3. The molecule has 1 aliphatic carbocycles. The number of para-hydroxylation sites is 3. The molecule has 3 nitrogen and oxygen atoms in total. The SMILES string of the molecule is CC1(C)c2ccccc2-c2ccc(-c3cccc(N(c4cc(-c5cccc(-n6c7ccccc7c7ccccc76)c5)c5oc6ccccc6c5c4)c4cccc5ccccc45)c3)cc21. The highest BCUT2D eigenvalue weighted by molar-refractivity contribution is 6.13. The Bertz CT molecular complexity index is 3790. The summed E-state index contributed by atoms with van der Waals surface area (Å²) in [5.74, 6) is 0. The van der Waals surface area contributed by atoms with E-state index in [1.165, 1.54) is 66.0 Å². The molecule has 0 amide bonds. The average molecular weight is 819 g/mol. The van der Waals surface area contributed by atoms with Crippen molar-refractivity contribution < 1.29 is 4.42 Å². The van der Waals surface area contributed by atoms with Gasteiger partial charge in [-0.2, -0.15) is 0 Å². The van der Waals surface area contributed by atoms with Gasteiger partial charge in [-0.05, 0) is 111 Å². The van der Waals surface area contributed by atoms with E-state index in [0.717, 1.165) is 55.8 Å². The lowest BCUT2D eigenvalue weighted by atomic mass is 9.81. The minimum Gasteiger partial charge on any atom is -0.455 e. The van der Waals surface area contributed by atoms with Gasteiger partial charge >= 0.3 is 0 Å². The summed E-state index contributed by atoms with van der Waals surface area (Å²) in [6.45, 7) is 4.71. The third-order valence-corrected chi connectivity index (χ3v) is 13.7. The van der Waals surface area contributed by atoms with Crippen LogP contribution in [-0.4, -0.2) is 4.57 Å². The number of hydrogen-bond donors (Lipinski definition) is 0. The fourth-order valence-corrected chi connectivity index (χ4v) is 10.7. The number of aromatic nitrogens is 1. The third-order valence-electron chi connectivity index (χ3n) is 13.7. The molecule has 10 aromatic carbocycles. The Morgan fingerprint density at radius 2 is 1.05 bits per heavy atom. The zero-order valence-corrected chi connectivity index (χ0v) is 35.6. The zero-order chi connectivity index (χ0) is 42.5. The molecular formula is C61H42N2O. The standard InChI is InChI=1S/C61H42N2O/c1-61(2)54-27-9-5-23-47(54)48-33-32-41(36-55(48)61)40-18-13-20-43(34-40)62(56-30-15-17-39-16-3-4-22-46(39)56)45-37-52(60-53(38-45)51-26-8-12-31-59(51)64-60)42-19-14-21-44(35-42)63-57-28-10-6-24-49(57)50-25-7-11-29-58(50)63/h3-38H,1-2H3. The Morgan fingerprint density at radius 3 is 1.89 bits per heavy atom. The highest BCUT2D eigenvalue weighted by atomic mass is 16.3. The second-order valence-electron chi connectivity index (χ2n) is 17.7. The van der Waals surface area contributed by atoms with E-state index < -0.39 is 0 Å².